The number of carbonyl (C=O) groups excluding carboxylic acids is 2. The van der Waals surface area contributed by atoms with Crippen LogP contribution >= 0.6 is 23.4 Å². The third-order valence-electron chi connectivity index (χ3n) is 5.97. The zero-order valence-corrected chi connectivity index (χ0v) is 21.3. The van der Waals surface area contributed by atoms with Crippen molar-refractivity contribution in [3.63, 3.8) is 0 Å². The second-order valence-electron chi connectivity index (χ2n) is 8.34. The van der Waals surface area contributed by atoms with Gasteiger partial charge in [0.15, 0.2) is 11.5 Å². The number of imide groups is 1. The molecule has 0 aliphatic carbocycles. The molecule has 0 aromatic heterocycles. The summed E-state index contributed by atoms with van der Waals surface area (Å²) >= 11 is 6.92. The number of thioether (sulfide) groups is 1. The topological polar surface area (TPSA) is 55.8 Å². The maximum Gasteiger partial charge on any atom is 0.293 e. The molecule has 37 heavy (non-hydrogen) atoms. The summed E-state index contributed by atoms with van der Waals surface area (Å²) in [5.41, 5.74) is 2.22. The number of rotatable bonds is 7. The molecule has 4 aromatic carbocycles. The number of benzene rings is 4. The van der Waals surface area contributed by atoms with Crippen LogP contribution in [0.2, 0.25) is 5.02 Å². The van der Waals surface area contributed by atoms with Gasteiger partial charge in [-0.05, 0) is 69.6 Å². The van der Waals surface area contributed by atoms with Gasteiger partial charge in [0, 0.05) is 5.02 Å². The van der Waals surface area contributed by atoms with Crippen molar-refractivity contribution in [2.24, 2.45) is 0 Å². The van der Waals surface area contributed by atoms with Crippen LogP contribution < -0.4 is 9.47 Å². The minimum atomic E-state index is -0.485. The molecular formula is C29H21ClFNO4S. The first-order valence-corrected chi connectivity index (χ1v) is 12.6. The molecule has 0 radical (unpaired) electrons. The maximum atomic E-state index is 13.3. The highest BCUT2D eigenvalue weighted by Crippen LogP contribution is 2.36. The van der Waals surface area contributed by atoms with Gasteiger partial charge in [-0.25, -0.2) is 4.39 Å². The van der Waals surface area contributed by atoms with Gasteiger partial charge in [0.1, 0.15) is 12.4 Å². The molecule has 1 heterocycles. The van der Waals surface area contributed by atoms with Crippen molar-refractivity contribution < 1.29 is 23.5 Å². The van der Waals surface area contributed by atoms with Crippen LogP contribution in [0.1, 0.15) is 16.7 Å². The number of amides is 2. The number of halogens is 2. The fourth-order valence-corrected chi connectivity index (χ4v) is 5.14. The lowest BCUT2D eigenvalue weighted by Gasteiger charge is -2.14. The molecule has 0 spiro atoms. The first kappa shape index (κ1) is 24.9. The van der Waals surface area contributed by atoms with E-state index in [2.05, 4.69) is 18.2 Å². The largest absolute Gasteiger partial charge is 0.493 e. The summed E-state index contributed by atoms with van der Waals surface area (Å²) in [4.78, 5) is 26.8. The van der Waals surface area contributed by atoms with E-state index in [0.717, 1.165) is 39.1 Å². The van der Waals surface area contributed by atoms with Crippen molar-refractivity contribution in [2.45, 2.75) is 13.2 Å². The quantitative estimate of drug-likeness (QED) is 0.231. The van der Waals surface area contributed by atoms with E-state index in [-0.39, 0.29) is 16.5 Å². The van der Waals surface area contributed by atoms with Gasteiger partial charge in [-0.2, -0.15) is 0 Å². The summed E-state index contributed by atoms with van der Waals surface area (Å²) in [5.74, 6) is 0.143. The number of ether oxygens (including phenoxy) is 2. The molecule has 0 atom stereocenters. The molecule has 0 bridgehead atoms. The van der Waals surface area contributed by atoms with E-state index in [1.54, 1.807) is 31.4 Å². The van der Waals surface area contributed by atoms with Gasteiger partial charge in [-0.3, -0.25) is 14.5 Å². The van der Waals surface area contributed by atoms with E-state index in [9.17, 15) is 14.0 Å². The van der Waals surface area contributed by atoms with Crippen LogP contribution in [0.25, 0.3) is 16.8 Å². The predicted octanol–water partition coefficient (Wildman–Crippen LogP) is 7.46. The van der Waals surface area contributed by atoms with Crippen molar-refractivity contribution >= 4 is 51.4 Å². The highest BCUT2D eigenvalue weighted by molar-refractivity contribution is 8.18. The zero-order valence-electron chi connectivity index (χ0n) is 19.7. The van der Waals surface area contributed by atoms with E-state index in [1.165, 1.54) is 12.1 Å². The number of hydrogen-bond donors (Lipinski definition) is 0. The minimum absolute atomic E-state index is 0.0363. The number of methoxy groups -OCH3 is 1. The molecule has 5 rings (SSSR count). The van der Waals surface area contributed by atoms with Gasteiger partial charge in [0.25, 0.3) is 11.1 Å². The average molecular weight is 534 g/mol. The summed E-state index contributed by atoms with van der Waals surface area (Å²) in [6.07, 6.45) is 1.63. The molecule has 1 aliphatic rings. The third-order valence-corrected chi connectivity index (χ3v) is 7.22. The van der Waals surface area contributed by atoms with Crippen LogP contribution in [0.15, 0.2) is 83.8 Å². The summed E-state index contributed by atoms with van der Waals surface area (Å²) in [7, 11) is 1.55. The summed E-state index contributed by atoms with van der Waals surface area (Å²) in [6, 6.07) is 23.4. The molecule has 0 saturated carbocycles. The second kappa shape index (κ2) is 10.7. The van der Waals surface area contributed by atoms with Crippen molar-refractivity contribution in [3.05, 3.63) is 111 Å². The summed E-state index contributed by atoms with van der Waals surface area (Å²) in [5, 5.41) is 2.00. The Kier molecular flexibility index (Phi) is 7.17. The van der Waals surface area contributed by atoms with Gasteiger partial charge < -0.3 is 9.47 Å². The Morgan fingerprint density at radius 1 is 0.946 bits per heavy atom. The number of nitrogens with zero attached hydrogens (tertiary/aromatic N) is 1. The Balaban J connectivity index is 1.32. The SMILES string of the molecule is COc1cc(/C=C2/SC(=O)N(Cc3ccc(F)cc3Cl)C2=O)ccc1OCc1cccc2ccccc12. The van der Waals surface area contributed by atoms with Gasteiger partial charge in [-0.1, -0.05) is 66.2 Å². The van der Waals surface area contributed by atoms with Crippen molar-refractivity contribution in [2.75, 3.05) is 7.11 Å². The van der Waals surface area contributed by atoms with Crippen LogP contribution in [0.3, 0.4) is 0 Å². The van der Waals surface area contributed by atoms with Gasteiger partial charge in [0.05, 0.1) is 18.6 Å². The molecule has 0 unspecified atom stereocenters. The molecule has 5 nitrogen and oxygen atoms in total. The van der Waals surface area contributed by atoms with Crippen LogP contribution in [-0.2, 0) is 17.9 Å². The normalized spacial score (nSPS) is 14.6. The lowest BCUT2D eigenvalue weighted by molar-refractivity contribution is -0.123. The summed E-state index contributed by atoms with van der Waals surface area (Å²) in [6.45, 7) is 0.327. The Morgan fingerprint density at radius 2 is 1.76 bits per heavy atom. The van der Waals surface area contributed by atoms with Gasteiger partial charge >= 0.3 is 0 Å². The van der Waals surface area contributed by atoms with E-state index in [1.807, 2.05) is 24.3 Å². The monoisotopic (exact) mass is 533 g/mol. The van der Waals surface area contributed by atoms with E-state index in [4.69, 9.17) is 21.1 Å². The Labute approximate surface area is 222 Å². The van der Waals surface area contributed by atoms with E-state index in [0.29, 0.717) is 29.2 Å². The first-order chi connectivity index (χ1) is 17.9. The Hall–Kier alpha value is -3.81. The molecule has 8 heteroatoms. The smallest absolute Gasteiger partial charge is 0.293 e. The highest BCUT2D eigenvalue weighted by atomic mass is 35.5. The molecule has 4 aromatic rings. The third kappa shape index (κ3) is 5.33. The fraction of sp³-hybridized carbons (Fsp3) is 0.103. The fourth-order valence-electron chi connectivity index (χ4n) is 4.07. The molecule has 2 amide bonds. The molecule has 186 valence electrons. The van der Waals surface area contributed by atoms with E-state index < -0.39 is 17.0 Å². The van der Waals surface area contributed by atoms with Gasteiger partial charge in [-0.15, -0.1) is 0 Å². The second-order valence-corrected chi connectivity index (χ2v) is 9.74. The molecular weight excluding hydrogens is 513 g/mol. The number of hydrogen-bond acceptors (Lipinski definition) is 5. The van der Waals surface area contributed by atoms with Crippen molar-refractivity contribution in [1.82, 2.24) is 4.90 Å². The average Bonchev–Trinajstić information content (AvgIpc) is 3.16. The standard InChI is InChI=1S/C29H21ClFNO4S/c1-35-26-13-18(9-12-25(26)36-17-21-7-4-6-19-5-2-3-8-23(19)21)14-27-28(33)32(29(34)37-27)16-20-10-11-22(31)15-24(20)30/h2-15H,16-17H2,1H3/b27-14+. The lowest BCUT2D eigenvalue weighted by atomic mass is 10.1. The Morgan fingerprint density at radius 3 is 2.57 bits per heavy atom. The number of fused-ring (bicyclic) bond motifs is 1. The number of carbonyl (C=O) groups is 2. The predicted molar refractivity (Wildman–Crippen MR) is 144 cm³/mol. The van der Waals surface area contributed by atoms with Gasteiger partial charge in [0.2, 0.25) is 0 Å². The zero-order chi connectivity index (χ0) is 25.9. The molecule has 1 aliphatic heterocycles. The van der Waals surface area contributed by atoms with Crippen molar-refractivity contribution in [3.8, 4) is 11.5 Å². The molecule has 1 saturated heterocycles. The minimum Gasteiger partial charge on any atom is -0.493 e. The summed E-state index contributed by atoms with van der Waals surface area (Å²) < 4.78 is 24.9. The Bertz CT molecular complexity index is 1550. The van der Waals surface area contributed by atoms with Crippen LogP contribution in [-0.4, -0.2) is 23.2 Å². The van der Waals surface area contributed by atoms with Crippen molar-refractivity contribution in [1.29, 1.82) is 0 Å². The maximum absolute atomic E-state index is 13.3. The highest BCUT2D eigenvalue weighted by Gasteiger charge is 2.35. The van der Waals surface area contributed by atoms with Crippen LogP contribution in [0.4, 0.5) is 9.18 Å². The van der Waals surface area contributed by atoms with Crippen LogP contribution in [0.5, 0.6) is 11.5 Å². The lowest BCUT2D eigenvalue weighted by Crippen LogP contribution is -2.27. The van der Waals surface area contributed by atoms with Crippen LogP contribution in [0, 0.1) is 5.82 Å². The molecule has 0 N–H and O–H groups in total. The molecule has 1 fully saturated rings. The van der Waals surface area contributed by atoms with E-state index >= 15 is 0 Å². The first-order valence-electron chi connectivity index (χ1n) is 11.4.